The van der Waals surface area contributed by atoms with E-state index in [0.29, 0.717) is 12.5 Å². The molecule has 4 heteroatoms. The summed E-state index contributed by atoms with van der Waals surface area (Å²) in [6.45, 7) is 11.0. The lowest BCUT2D eigenvalue weighted by Crippen LogP contribution is -2.28. The zero-order chi connectivity index (χ0) is 20.1. The third kappa shape index (κ3) is 4.50. The number of hydrogen-bond acceptors (Lipinski definition) is 2. The molecule has 1 unspecified atom stereocenters. The molecule has 2 aromatic carbocycles. The molecule has 0 spiro atoms. The molecule has 0 bridgehead atoms. The number of carbonyl (C=O) groups is 1. The SMILES string of the molecule is C=CCNC(=O)Cn1c(C(C)c2ccc(CC(C)C)cc2)nc2ccccc21. The summed E-state index contributed by atoms with van der Waals surface area (Å²) >= 11 is 0. The van der Waals surface area contributed by atoms with Crippen LogP contribution in [0.5, 0.6) is 0 Å². The van der Waals surface area contributed by atoms with Crippen molar-refractivity contribution in [1.82, 2.24) is 14.9 Å². The Bertz CT molecular complexity index is 954. The number of amides is 1. The van der Waals surface area contributed by atoms with Crippen LogP contribution in [0, 0.1) is 5.92 Å². The van der Waals surface area contributed by atoms with Gasteiger partial charge in [-0.3, -0.25) is 4.79 Å². The standard InChI is InChI=1S/C24H29N3O/c1-5-14-25-23(28)16-27-22-9-7-6-8-21(22)26-24(27)18(4)20-12-10-19(11-13-20)15-17(2)3/h5-13,17-18H,1,14-16H2,2-4H3,(H,25,28). The molecular formula is C24H29N3O. The van der Waals surface area contributed by atoms with Crippen LogP contribution in [0.2, 0.25) is 0 Å². The lowest BCUT2D eigenvalue weighted by Gasteiger charge is -2.16. The second kappa shape index (κ2) is 8.87. The molecule has 3 aromatic rings. The van der Waals surface area contributed by atoms with Crippen LogP contribution in [0.3, 0.4) is 0 Å². The van der Waals surface area contributed by atoms with Crippen LogP contribution in [0.25, 0.3) is 11.0 Å². The van der Waals surface area contributed by atoms with Crippen LogP contribution in [0.1, 0.15) is 43.6 Å². The molecule has 1 heterocycles. The predicted octanol–water partition coefficient (Wildman–Crippen LogP) is 4.69. The van der Waals surface area contributed by atoms with Gasteiger partial charge in [-0.15, -0.1) is 6.58 Å². The molecule has 1 amide bonds. The highest BCUT2D eigenvalue weighted by molar-refractivity contribution is 5.81. The van der Waals surface area contributed by atoms with Crippen molar-refractivity contribution in [3.05, 3.63) is 78.1 Å². The normalized spacial score (nSPS) is 12.3. The van der Waals surface area contributed by atoms with Gasteiger partial charge in [-0.2, -0.15) is 0 Å². The summed E-state index contributed by atoms with van der Waals surface area (Å²) in [5.74, 6) is 1.60. The predicted molar refractivity (Wildman–Crippen MR) is 115 cm³/mol. The van der Waals surface area contributed by atoms with Crippen LogP contribution in [0.4, 0.5) is 0 Å². The van der Waals surface area contributed by atoms with Crippen LogP contribution in [-0.2, 0) is 17.8 Å². The van der Waals surface area contributed by atoms with Crippen molar-refractivity contribution < 1.29 is 4.79 Å². The minimum atomic E-state index is -0.0382. The molecule has 1 N–H and O–H groups in total. The van der Waals surface area contributed by atoms with Crippen molar-refractivity contribution in [2.75, 3.05) is 6.54 Å². The van der Waals surface area contributed by atoms with Crippen LogP contribution >= 0.6 is 0 Å². The van der Waals surface area contributed by atoms with Crippen molar-refractivity contribution in [3.63, 3.8) is 0 Å². The van der Waals surface area contributed by atoms with Gasteiger partial charge in [0, 0.05) is 12.5 Å². The molecule has 1 atom stereocenters. The second-order valence-electron chi connectivity index (χ2n) is 7.70. The van der Waals surface area contributed by atoms with Gasteiger partial charge in [-0.25, -0.2) is 4.98 Å². The van der Waals surface area contributed by atoms with Gasteiger partial charge in [0.1, 0.15) is 12.4 Å². The summed E-state index contributed by atoms with van der Waals surface area (Å²) in [6.07, 6.45) is 2.77. The number of nitrogens with one attached hydrogen (secondary N) is 1. The first kappa shape index (κ1) is 19.9. The van der Waals surface area contributed by atoms with E-state index in [1.165, 1.54) is 11.1 Å². The number of aromatic nitrogens is 2. The highest BCUT2D eigenvalue weighted by Gasteiger charge is 2.19. The highest BCUT2D eigenvalue weighted by atomic mass is 16.1. The molecule has 0 saturated heterocycles. The molecular weight excluding hydrogens is 346 g/mol. The average molecular weight is 376 g/mol. The Kier molecular flexibility index (Phi) is 6.30. The summed E-state index contributed by atoms with van der Waals surface area (Å²) in [4.78, 5) is 17.2. The summed E-state index contributed by atoms with van der Waals surface area (Å²) in [5.41, 5.74) is 4.45. The molecule has 146 valence electrons. The number of fused-ring (bicyclic) bond motifs is 1. The molecule has 0 saturated carbocycles. The number of carbonyl (C=O) groups excluding carboxylic acids is 1. The fourth-order valence-corrected chi connectivity index (χ4v) is 3.54. The van der Waals surface area contributed by atoms with Crippen molar-refractivity contribution >= 4 is 16.9 Å². The molecule has 0 radical (unpaired) electrons. The summed E-state index contributed by atoms with van der Waals surface area (Å²) in [7, 11) is 0. The maximum atomic E-state index is 12.4. The number of rotatable bonds is 8. The minimum absolute atomic E-state index is 0.0382. The Morgan fingerprint density at radius 1 is 1.14 bits per heavy atom. The number of hydrogen-bond donors (Lipinski definition) is 1. The number of imidazole rings is 1. The third-order valence-electron chi connectivity index (χ3n) is 4.94. The molecule has 1 aromatic heterocycles. The Labute approximate surface area is 167 Å². The van der Waals surface area contributed by atoms with Crippen LogP contribution in [0.15, 0.2) is 61.2 Å². The fraction of sp³-hybridized carbons (Fsp3) is 0.333. The smallest absolute Gasteiger partial charge is 0.240 e. The van der Waals surface area contributed by atoms with E-state index in [1.807, 2.05) is 28.8 Å². The topological polar surface area (TPSA) is 46.9 Å². The van der Waals surface area contributed by atoms with Gasteiger partial charge in [-0.1, -0.05) is 63.2 Å². The Morgan fingerprint density at radius 2 is 1.86 bits per heavy atom. The molecule has 28 heavy (non-hydrogen) atoms. The van der Waals surface area contributed by atoms with Crippen molar-refractivity contribution in [2.24, 2.45) is 5.92 Å². The molecule has 0 aliphatic heterocycles. The zero-order valence-electron chi connectivity index (χ0n) is 17.0. The van der Waals surface area contributed by atoms with Crippen LogP contribution < -0.4 is 5.32 Å². The largest absolute Gasteiger partial charge is 0.351 e. The number of benzene rings is 2. The maximum Gasteiger partial charge on any atom is 0.240 e. The fourth-order valence-electron chi connectivity index (χ4n) is 3.54. The summed E-state index contributed by atoms with van der Waals surface area (Å²) in [5, 5.41) is 2.86. The van der Waals surface area contributed by atoms with Gasteiger partial charge in [0.15, 0.2) is 0 Å². The maximum absolute atomic E-state index is 12.4. The summed E-state index contributed by atoms with van der Waals surface area (Å²) in [6, 6.07) is 16.8. The second-order valence-corrected chi connectivity index (χ2v) is 7.70. The molecule has 0 aliphatic rings. The first-order chi connectivity index (χ1) is 13.5. The lowest BCUT2D eigenvalue weighted by molar-refractivity contribution is -0.121. The Morgan fingerprint density at radius 3 is 2.54 bits per heavy atom. The third-order valence-corrected chi connectivity index (χ3v) is 4.94. The quantitative estimate of drug-likeness (QED) is 0.581. The lowest BCUT2D eigenvalue weighted by atomic mass is 9.96. The van der Waals surface area contributed by atoms with Gasteiger partial charge < -0.3 is 9.88 Å². The first-order valence-corrected chi connectivity index (χ1v) is 9.91. The van der Waals surface area contributed by atoms with E-state index < -0.39 is 0 Å². The van der Waals surface area contributed by atoms with Gasteiger partial charge in [0.25, 0.3) is 0 Å². The molecule has 0 fully saturated rings. The van der Waals surface area contributed by atoms with Crippen molar-refractivity contribution in [2.45, 2.75) is 39.7 Å². The molecule has 4 nitrogen and oxygen atoms in total. The van der Waals surface area contributed by atoms with E-state index in [2.05, 4.69) is 56.9 Å². The number of nitrogens with zero attached hydrogens (tertiary/aromatic N) is 2. The minimum Gasteiger partial charge on any atom is -0.351 e. The highest BCUT2D eigenvalue weighted by Crippen LogP contribution is 2.28. The van der Waals surface area contributed by atoms with E-state index in [1.54, 1.807) is 6.08 Å². The van der Waals surface area contributed by atoms with E-state index in [4.69, 9.17) is 4.98 Å². The zero-order valence-corrected chi connectivity index (χ0v) is 17.0. The van der Waals surface area contributed by atoms with E-state index in [9.17, 15) is 4.79 Å². The summed E-state index contributed by atoms with van der Waals surface area (Å²) < 4.78 is 2.03. The molecule has 3 rings (SSSR count). The van der Waals surface area contributed by atoms with Crippen molar-refractivity contribution in [3.8, 4) is 0 Å². The van der Waals surface area contributed by atoms with Gasteiger partial charge >= 0.3 is 0 Å². The van der Waals surface area contributed by atoms with Crippen LogP contribution in [-0.4, -0.2) is 22.0 Å². The monoisotopic (exact) mass is 375 g/mol. The Balaban J connectivity index is 1.93. The average Bonchev–Trinajstić information content (AvgIpc) is 3.04. The molecule has 0 aliphatic carbocycles. The van der Waals surface area contributed by atoms with Crippen molar-refractivity contribution in [1.29, 1.82) is 0 Å². The number of para-hydroxylation sites is 2. The van der Waals surface area contributed by atoms with E-state index in [0.717, 1.165) is 23.3 Å². The van der Waals surface area contributed by atoms with Gasteiger partial charge in [-0.05, 0) is 35.6 Å². The van der Waals surface area contributed by atoms with Gasteiger partial charge in [0.2, 0.25) is 5.91 Å². The first-order valence-electron chi connectivity index (χ1n) is 9.91. The Hall–Kier alpha value is -2.88. The van der Waals surface area contributed by atoms with E-state index >= 15 is 0 Å². The van der Waals surface area contributed by atoms with E-state index in [-0.39, 0.29) is 18.4 Å². The van der Waals surface area contributed by atoms with Gasteiger partial charge in [0.05, 0.1) is 11.0 Å².